The number of oxime groups is 1. The summed E-state index contributed by atoms with van der Waals surface area (Å²) in [6.07, 6.45) is 17.3. The van der Waals surface area contributed by atoms with Gasteiger partial charge < -0.3 is 14.8 Å². The van der Waals surface area contributed by atoms with Crippen LogP contribution in [-0.2, 0) is 9.63 Å². The normalized spacial score (nSPS) is 26.8. The van der Waals surface area contributed by atoms with E-state index in [2.05, 4.69) is 24.2 Å². The van der Waals surface area contributed by atoms with Crippen LogP contribution in [0.5, 0.6) is 0 Å². The minimum absolute atomic E-state index is 0.195. The summed E-state index contributed by atoms with van der Waals surface area (Å²) in [7, 11) is 0. The Hall–Kier alpha value is -1.62. The van der Waals surface area contributed by atoms with Gasteiger partial charge in [-0.15, -0.1) is 0 Å². The van der Waals surface area contributed by atoms with Crippen LogP contribution in [0.1, 0.15) is 77.6 Å². The quantitative estimate of drug-likeness (QED) is 0.428. The minimum Gasteiger partial charge on any atom is -0.395 e. The minimum atomic E-state index is -0.336. The van der Waals surface area contributed by atoms with Gasteiger partial charge in [0.05, 0.1) is 18.2 Å². The number of piperidine rings is 1. The number of hydrogen-bond donors (Lipinski definition) is 1. The zero-order valence-electron chi connectivity index (χ0n) is 18.0. The van der Waals surface area contributed by atoms with Crippen molar-refractivity contribution < 1.29 is 14.7 Å². The Morgan fingerprint density at radius 2 is 2.14 bits per heavy atom. The number of aliphatic hydroxyl groups is 1. The number of likely N-dealkylation sites (tertiary alicyclic amines) is 1. The van der Waals surface area contributed by atoms with Gasteiger partial charge in [0.1, 0.15) is 6.61 Å². The van der Waals surface area contributed by atoms with Crippen molar-refractivity contribution in [3.05, 3.63) is 23.8 Å². The maximum Gasteiger partial charge on any atom is 0.226 e. The van der Waals surface area contributed by atoms with Crippen LogP contribution in [0.15, 0.2) is 29.0 Å². The molecule has 0 bridgehead atoms. The van der Waals surface area contributed by atoms with Crippen LogP contribution in [0.3, 0.4) is 0 Å². The average Bonchev–Trinajstić information content (AvgIpc) is 3.31. The van der Waals surface area contributed by atoms with Crippen LogP contribution in [0, 0.1) is 11.8 Å². The number of fused-ring (bicyclic) bond motifs is 1. The first-order valence-corrected chi connectivity index (χ1v) is 11.7. The molecule has 3 atom stereocenters. The summed E-state index contributed by atoms with van der Waals surface area (Å²) in [6.45, 7) is 4.35. The van der Waals surface area contributed by atoms with Crippen LogP contribution in [0.25, 0.3) is 0 Å². The van der Waals surface area contributed by atoms with Gasteiger partial charge in [-0.25, -0.2) is 0 Å². The van der Waals surface area contributed by atoms with Crippen LogP contribution in [0.2, 0.25) is 0 Å². The van der Waals surface area contributed by atoms with Crippen molar-refractivity contribution in [2.75, 3.05) is 19.7 Å². The van der Waals surface area contributed by atoms with E-state index >= 15 is 0 Å². The molecule has 3 aliphatic rings. The lowest BCUT2D eigenvalue weighted by atomic mass is 9.94. The Morgan fingerprint density at radius 3 is 2.93 bits per heavy atom. The lowest BCUT2D eigenvalue weighted by molar-refractivity contribution is -0.133. The third-order valence-corrected chi connectivity index (χ3v) is 6.53. The Kier molecular flexibility index (Phi) is 8.78. The monoisotopic (exact) mass is 402 g/mol. The van der Waals surface area contributed by atoms with Crippen molar-refractivity contribution in [3.8, 4) is 0 Å². The van der Waals surface area contributed by atoms with Gasteiger partial charge in [-0.1, -0.05) is 49.6 Å². The Labute approximate surface area is 175 Å². The van der Waals surface area contributed by atoms with E-state index < -0.39 is 0 Å². The third kappa shape index (κ3) is 6.70. The molecule has 5 heteroatoms. The number of carbonyl (C=O) groups is 1. The fourth-order valence-electron chi connectivity index (χ4n) is 4.78. The molecule has 1 amide bonds. The molecule has 0 aromatic heterocycles. The largest absolute Gasteiger partial charge is 0.395 e. The molecule has 5 nitrogen and oxygen atoms in total. The lowest BCUT2D eigenvalue weighted by Gasteiger charge is -2.26. The van der Waals surface area contributed by atoms with Crippen LogP contribution < -0.4 is 0 Å². The molecule has 0 radical (unpaired) electrons. The van der Waals surface area contributed by atoms with Crippen molar-refractivity contribution in [1.29, 1.82) is 0 Å². The Balaban J connectivity index is 1.37. The van der Waals surface area contributed by atoms with Gasteiger partial charge in [-0.05, 0) is 62.4 Å². The number of carbonyl (C=O) groups excluding carboxylic acids is 1. The molecule has 3 rings (SSSR count). The Bertz CT molecular complexity index is 620. The zero-order valence-corrected chi connectivity index (χ0v) is 18.0. The predicted octanol–water partition coefficient (Wildman–Crippen LogP) is 4.62. The van der Waals surface area contributed by atoms with Crippen molar-refractivity contribution in [1.82, 2.24) is 4.90 Å². The number of unbranched alkanes of at least 4 members (excludes halogenated alkanes) is 2. The maximum absolute atomic E-state index is 12.2. The topological polar surface area (TPSA) is 62.1 Å². The molecule has 0 spiro atoms. The molecule has 1 unspecified atom stereocenters. The molecule has 2 aliphatic carbocycles. The number of hydrogen-bond acceptors (Lipinski definition) is 4. The molecule has 162 valence electrons. The van der Waals surface area contributed by atoms with Gasteiger partial charge >= 0.3 is 0 Å². The average molecular weight is 403 g/mol. The second-order valence-electron chi connectivity index (χ2n) is 8.82. The van der Waals surface area contributed by atoms with Gasteiger partial charge in [-0.2, -0.15) is 0 Å². The van der Waals surface area contributed by atoms with Crippen LogP contribution >= 0.6 is 0 Å². The molecule has 0 aromatic carbocycles. The van der Waals surface area contributed by atoms with Crippen LogP contribution in [0.4, 0.5) is 0 Å². The van der Waals surface area contributed by atoms with E-state index in [-0.39, 0.29) is 12.0 Å². The SMILES string of the molecule is CCCCCC(O)C=CC1=CC[C@@H]2C/C(=N/OCCC(=O)N3CCCCC3)C[C@@H]12. The van der Waals surface area contributed by atoms with E-state index in [1.54, 1.807) is 0 Å². The summed E-state index contributed by atoms with van der Waals surface area (Å²) in [4.78, 5) is 19.6. The molecule has 1 aliphatic heterocycles. The van der Waals surface area contributed by atoms with E-state index in [0.717, 1.165) is 63.7 Å². The summed E-state index contributed by atoms with van der Waals surface area (Å²) >= 11 is 0. The molecule has 1 N–H and O–H groups in total. The maximum atomic E-state index is 12.2. The Morgan fingerprint density at radius 1 is 1.31 bits per heavy atom. The zero-order chi connectivity index (χ0) is 20.5. The van der Waals surface area contributed by atoms with Gasteiger partial charge in [0.25, 0.3) is 0 Å². The van der Waals surface area contributed by atoms with Crippen LogP contribution in [-0.4, -0.2) is 47.4 Å². The van der Waals surface area contributed by atoms with Crippen molar-refractivity contribution in [3.63, 3.8) is 0 Å². The number of amides is 1. The molecule has 1 saturated heterocycles. The van der Waals surface area contributed by atoms with E-state index in [1.165, 1.54) is 24.8 Å². The molecule has 0 aromatic rings. The number of aliphatic hydroxyl groups excluding tert-OH is 1. The van der Waals surface area contributed by atoms with Crippen molar-refractivity contribution in [2.45, 2.75) is 83.7 Å². The van der Waals surface area contributed by atoms with E-state index in [4.69, 9.17) is 4.84 Å². The first-order chi connectivity index (χ1) is 14.2. The van der Waals surface area contributed by atoms with Gasteiger partial charge in [0.15, 0.2) is 0 Å². The standard InChI is InChI=1S/C24H38N2O3/c1-2-3-5-8-22(27)12-11-19-9-10-20-17-21(18-23(19)20)25-29-16-13-24(28)26-14-6-4-7-15-26/h9,11-12,20,22-23,27H,2-8,10,13-18H2,1H3/b12-11?,25-21-/t20-,22?,23+/m1/s1. The van der Waals surface area contributed by atoms with Crippen molar-refractivity contribution in [2.24, 2.45) is 17.0 Å². The van der Waals surface area contributed by atoms with E-state index in [1.807, 2.05) is 11.0 Å². The third-order valence-electron chi connectivity index (χ3n) is 6.53. The number of nitrogens with zero attached hydrogens (tertiary/aromatic N) is 2. The van der Waals surface area contributed by atoms with E-state index in [9.17, 15) is 9.90 Å². The molecule has 2 fully saturated rings. The summed E-state index contributed by atoms with van der Waals surface area (Å²) < 4.78 is 0. The molecule has 29 heavy (non-hydrogen) atoms. The fraction of sp³-hybridized carbons (Fsp3) is 0.750. The highest BCUT2D eigenvalue weighted by atomic mass is 16.6. The van der Waals surface area contributed by atoms with Gasteiger partial charge in [-0.3, -0.25) is 4.79 Å². The smallest absolute Gasteiger partial charge is 0.226 e. The number of rotatable bonds is 10. The van der Waals surface area contributed by atoms with E-state index in [0.29, 0.717) is 24.9 Å². The summed E-state index contributed by atoms with van der Waals surface area (Å²) in [6, 6.07) is 0. The first-order valence-electron chi connectivity index (χ1n) is 11.7. The highest BCUT2D eigenvalue weighted by Gasteiger charge is 2.36. The first kappa shape index (κ1) is 22.1. The summed E-state index contributed by atoms with van der Waals surface area (Å²) in [5.74, 6) is 1.32. The molecular formula is C24H38N2O3. The summed E-state index contributed by atoms with van der Waals surface area (Å²) in [5.41, 5.74) is 2.46. The molecular weight excluding hydrogens is 364 g/mol. The highest BCUT2D eigenvalue weighted by molar-refractivity contribution is 5.87. The molecule has 1 heterocycles. The summed E-state index contributed by atoms with van der Waals surface area (Å²) in [5, 5.41) is 14.5. The second kappa shape index (κ2) is 11.5. The lowest BCUT2D eigenvalue weighted by Crippen LogP contribution is -2.35. The number of allylic oxidation sites excluding steroid dienone is 3. The van der Waals surface area contributed by atoms with Crippen molar-refractivity contribution >= 4 is 11.6 Å². The highest BCUT2D eigenvalue weighted by Crippen LogP contribution is 2.43. The van der Waals surface area contributed by atoms with Gasteiger partial charge in [0, 0.05) is 13.1 Å². The van der Waals surface area contributed by atoms with Gasteiger partial charge in [0.2, 0.25) is 5.91 Å². The fourth-order valence-corrected chi connectivity index (χ4v) is 4.78. The second-order valence-corrected chi connectivity index (χ2v) is 8.82. The molecule has 1 saturated carbocycles. The predicted molar refractivity (Wildman–Crippen MR) is 117 cm³/mol.